The lowest BCUT2D eigenvalue weighted by Gasteiger charge is -2.21. The number of para-hydroxylation sites is 1. The van der Waals surface area contributed by atoms with Gasteiger partial charge in [0, 0.05) is 11.9 Å². The Balaban J connectivity index is 1.46. The van der Waals surface area contributed by atoms with E-state index in [0.717, 1.165) is 11.1 Å². The number of rotatable bonds is 9. The minimum Gasteiger partial charge on any atom is -0.445 e. The third kappa shape index (κ3) is 5.66. The number of carbonyl (C=O) groups is 2. The van der Waals surface area contributed by atoms with E-state index in [2.05, 4.69) is 20.6 Å². The maximum absolute atomic E-state index is 12.2. The molecule has 34 heavy (non-hydrogen) atoms. The normalized spacial score (nSPS) is 11.5. The van der Waals surface area contributed by atoms with Gasteiger partial charge >= 0.3 is 6.09 Å². The van der Waals surface area contributed by atoms with Crippen molar-refractivity contribution in [3.05, 3.63) is 102 Å². The van der Waals surface area contributed by atoms with Crippen LogP contribution in [0.3, 0.4) is 0 Å². The van der Waals surface area contributed by atoms with Gasteiger partial charge in [-0.2, -0.15) is 0 Å². The molecule has 1 atom stereocenters. The lowest BCUT2D eigenvalue weighted by atomic mass is 10.0. The van der Waals surface area contributed by atoms with Crippen LogP contribution in [0.5, 0.6) is 0 Å². The molecule has 0 radical (unpaired) electrons. The molecule has 0 spiro atoms. The fraction of sp³-hybridized carbons (Fsp3) is 0.154. The highest BCUT2D eigenvalue weighted by Gasteiger charge is 2.16. The van der Waals surface area contributed by atoms with Crippen molar-refractivity contribution in [1.29, 1.82) is 0 Å². The van der Waals surface area contributed by atoms with Crippen molar-refractivity contribution in [1.82, 2.24) is 15.3 Å². The molecule has 1 aromatic heterocycles. The van der Waals surface area contributed by atoms with Gasteiger partial charge in [0.05, 0.1) is 17.1 Å². The molecule has 4 N–H and O–H groups in total. The van der Waals surface area contributed by atoms with Crippen molar-refractivity contribution in [2.24, 2.45) is 5.73 Å². The number of nitrogens with one attached hydrogen (secondary N) is 2. The molecular weight excluding hydrogens is 430 g/mol. The minimum absolute atomic E-state index is 0.161. The number of carbonyl (C=O) groups excluding carboxylic acids is 2. The summed E-state index contributed by atoms with van der Waals surface area (Å²) in [5.41, 5.74) is 8.28. The largest absolute Gasteiger partial charge is 0.445 e. The Bertz CT molecular complexity index is 1270. The zero-order valence-electron chi connectivity index (χ0n) is 18.5. The first kappa shape index (κ1) is 22.7. The maximum Gasteiger partial charge on any atom is 0.407 e. The zero-order chi connectivity index (χ0) is 23.8. The number of hydrogen-bond donors (Lipinski definition) is 3. The summed E-state index contributed by atoms with van der Waals surface area (Å²) in [7, 11) is 0. The second kappa shape index (κ2) is 10.9. The number of fused-ring (bicyclic) bond motifs is 1. The minimum atomic E-state index is -0.548. The van der Waals surface area contributed by atoms with E-state index in [0.29, 0.717) is 35.2 Å². The summed E-state index contributed by atoms with van der Waals surface area (Å²) >= 11 is 0. The van der Waals surface area contributed by atoms with Crippen LogP contribution in [0.15, 0.2) is 85.2 Å². The molecule has 0 saturated carbocycles. The van der Waals surface area contributed by atoms with Gasteiger partial charge in [0.1, 0.15) is 18.8 Å². The predicted molar refractivity (Wildman–Crippen MR) is 130 cm³/mol. The predicted octanol–water partition coefficient (Wildman–Crippen LogP) is 4.20. The summed E-state index contributed by atoms with van der Waals surface area (Å²) in [6.07, 6.45) is 1.50. The van der Waals surface area contributed by atoms with Crippen LogP contribution in [0.4, 0.5) is 10.6 Å². The van der Waals surface area contributed by atoms with Gasteiger partial charge in [-0.05, 0) is 29.7 Å². The number of alkyl carbamates (subject to hydrolysis) is 1. The molecule has 172 valence electrons. The van der Waals surface area contributed by atoms with Crippen LogP contribution in [-0.4, -0.2) is 28.5 Å². The van der Waals surface area contributed by atoms with Crippen LogP contribution in [0.25, 0.3) is 10.9 Å². The molecule has 8 nitrogen and oxygen atoms in total. The fourth-order valence-corrected chi connectivity index (χ4v) is 3.67. The van der Waals surface area contributed by atoms with Gasteiger partial charge in [0.2, 0.25) is 0 Å². The molecular formula is C26H25N5O3. The molecule has 0 fully saturated rings. The first-order valence-electron chi connectivity index (χ1n) is 10.9. The molecule has 0 aliphatic carbocycles. The highest BCUT2D eigenvalue weighted by Crippen LogP contribution is 2.27. The summed E-state index contributed by atoms with van der Waals surface area (Å²) in [6, 6.07) is 24.4. The molecule has 1 unspecified atom stereocenters. The van der Waals surface area contributed by atoms with Crippen molar-refractivity contribution in [2.45, 2.75) is 19.1 Å². The van der Waals surface area contributed by atoms with Crippen LogP contribution < -0.4 is 16.4 Å². The number of nitrogens with zero attached hydrogens (tertiary/aromatic N) is 2. The lowest BCUT2D eigenvalue weighted by Crippen LogP contribution is -2.27. The van der Waals surface area contributed by atoms with E-state index in [-0.39, 0.29) is 12.6 Å². The van der Waals surface area contributed by atoms with Crippen LogP contribution in [0.1, 0.15) is 33.9 Å². The first-order chi connectivity index (χ1) is 16.6. The molecule has 1 heterocycles. The van der Waals surface area contributed by atoms with Crippen molar-refractivity contribution in [3.8, 4) is 0 Å². The van der Waals surface area contributed by atoms with Gasteiger partial charge in [0.15, 0.2) is 0 Å². The zero-order valence-corrected chi connectivity index (χ0v) is 18.5. The number of primary amides is 1. The van der Waals surface area contributed by atoms with Gasteiger partial charge in [-0.15, -0.1) is 0 Å². The molecule has 4 rings (SSSR count). The van der Waals surface area contributed by atoms with E-state index in [1.807, 2.05) is 66.7 Å². The Labute approximate surface area is 197 Å². The summed E-state index contributed by atoms with van der Waals surface area (Å²) in [6.45, 7) is 0.595. The Kier molecular flexibility index (Phi) is 7.29. The number of nitrogens with two attached hydrogens (primary N) is 1. The Morgan fingerprint density at radius 2 is 1.65 bits per heavy atom. The van der Waals surface area contributed by atoms with E-state index < -0.39 is 12.0 Å². The number of amides is 2. The number of ether oxygens (including phenoxy) is 1. The standard InChI is InChI=1S/C26H25N5O3/c27-24(32)20-12-7-13-21-23(20)29-17-30-25(21)31-22(19-10-5-2-6-11-19)14-15-28-26(33)34-16-18-8-3-1-4-9-18/h1-13,17,22H,14-16H2,(H2,27,32)(H,28,33)(H,29,30,31). The number of aromatic nitrogens is 2. The molecule has 2 amide bonds. The van der Waals surface area contributed by atoms with Crippen LogP contribution in [-0.2, 0) is 11.3 Å². The highest BCUT2D eigenvalue weighted by molar-refractivity contribution is 6.06. The highest BCUT2D eigenvalue weighted by atomic mass is 16.5. The fourth-order valence-electron chi connectivity index (χ4n) is 3.67. The van der Waals surface area contributed by atoms with Gasteiger partial charge in [-0.25, -0.2) is 14.8 Å². The molecule has 0 aliphatic rings. The van der Waals surface area contributed by atoms with E-state index in [1.54, 1.807) is 12.1 Å². The second-order valence-corrected chi connectivity index (χ2v) is 7.67. The van der Waals surface area contributed by atoms with Crippen LogP contribution in [0.2, 0.25) is 0 Å². The van der Waals surface area contributed by atoms with E-state index in [1.165, 1.54) is 6.33 Å². The van der Waals surface area contributed by atoms with E-state index >= 15 is 0 Å². The Morgan fingerprint density at radius 1 is 0.912 bits per heavy atom. The van der Waals surface area contributed by atoms with E-state index in [9.17, 15) is 9.59 Å². The summed E-state index contributed by atoms with van der Waals surface area (Å²) < 4.78 is 5.29. The monoisotopic (exact) mass is 455 g/mol. The molecule has 0 aliphatic heterocycles. The number of hydrogen-bond acceptors (Lipinski definition) is 6. The smallest absolute Gasteiger partial charge is 0.407 e. The molecule has 0 saturated heterocycles. The number of anilines is 1. The second-order valence-electron chi connectivity index (χ2n) is 7.67. The van der Waals surface area contributed by atoms with E-state index in [4.69, 9.17) is 10.5 Å². The maximum atomic E-state index is 12.2. The van der Waals surface area contributed by atoms with Gasteiger partial charge in [-0.3, -0.25) is 4.79 Å². The van der Waals surface area contributed by atoms with Gasteiger partial charge in [0.25, 0.3) is 5.91 Å². The summed E-state index contributed by atoms with van der Waals surface area (Å²) in [4.78, 5) is 32.6. The Hall–Kier alpha value is -4.46. The SMILES string of the molecule is NC(=O)c1cccc2c(NC(CCNC(=O)OCc3ccccc3)c3ccccc3)ncnc12. The first-order valence-corrected chi connectivity index (χ1v) is 10.9. The summed E-state index contributed by atoms with van der Waals surface area (Å²) in [5, 5.41) is 6.94. The van der Waals surface area contributed by atoms with Crippen LogP contribution in [0, 0.1) is 0 Å². The average molecular weight is 456 g/mol. The topological polar surface area (TPSA) is 119 Å². The van der Waals surface area contributed by atoms with Crippen molar-refractivity contribution < 1.29 is 14.3 Å². The van der Waals surface area contributed by atoms with Crippen LogP contribution >= 0.6 is 0 Å². The van der Waals surface area contributed by atoms with Crippen molar-refractivity contribution in [2.75, 3.05) is 11.9 Å². The molecule has 8 heteroatoms. The third-order valence-corrected chi connectivity index (χ3v) is 5.36. The third-order valence-electron chi connectivity index (χ3n) is 5.36. The molecule has 4 aromatic rings. The van der Waals surface area contributed by atoms with Gasteiger partial charge < -0.3 is 21.1 Å². The quantitative estimate of drug-likeness (QED) is 0.348. The van der Waals surface area contributed by atoms with Crippen molar-refractivity contribution in [3.63, 3.8) is 0 Å². The molecule has 0 bridgehead atoms. The van der Waals surface area contributed by atoms with Gasteiger partial charge in [-0.1, -0.05) is 66.7 Å². The van der Waals surface area contributed by atoms with Crippen molar-refractivity contribution >= 4 is 28.7 Å². The Morgan fingerprint density at radius 3 is 2.38 bits per heavy atom. The lowest BCUT2D eigenvalue weighted by molar-refractivity contribution is 0.100. The average Bonchev–Trinajstić information content (AvgIpc) is 2.87. The molecule has 3 aromatic carbocycles. The number of benzene rings is 3. The summed E-state index contributed by atoms with van der Waals surface area (Å²) in [5.74, 6) is 0.0293.